The van der Waals surface area contributed by atoms with Crippen LogP contribution in [0.1, 0.15) is 6.92 Å². The van der Waals surface area contributed by atoms with E-state index in [0.717, 1.165) is 11.1 Å². The van der Waals surface area contributed by atoms with E-state index in [-0.39, 0.29) is 18.7 Å². The summed E-state index contributed by atoms with van der Waals surface area (Å²) in [6, 6.07) is 1.01. The van der Waals surface area contributed by atoms with Crippen molar-refractivity contribution in [2.24, 2.45) is 0 Å². The van der Waals surface area contributed by atoms with E-state index in [4.69, 9.17) is 5.26 Å². The Labute approximate surface area is 97.8 Å². The van der Waals surface area contributed by atoms with Crippen LogP contribution in [0.5, 0.6) is 0 Å². The second kappa shape index (κ2) is 5.12. The molecule has 0 N–H and O–H groups in total. The highest BCUT2D eigenvalue weighted by atomic mass is 16.5. The topological polar surface area (TPSA) is 90.7 Å². The van der Waals surface area contributed by atoms with E-state index in [1.165, 1.54) is 11.9 Å². The highest BCUT2D eigenvalue weighted by Gasteiger charge is 2.33. The maximum atomic E-state index is 11.5. The predicted molar refractivity (Wildman–Crippen MR) is 55.2 cm³/mol. The van der Waals surface area contributed by atoms with Crippen LogP contribution in [0.3, 0.4) is 0 Å². The minimum absolute atomic E-state index is 0.0726. The SMILES string of the molecule is CCOC(=O)/C(C#N)=C/N1C(=O)CN(C)C1=O. The summed E-state index contributed by atoms with van der Waals surface area (Å²) in [7, 11) is 1.45. The van der Waals surface area contributed by atoms with Crippen molar-refractivity contribution >= 4 is 17.9 Å². The van der Waals surface area contributed by atoms with E-state index in [1.807, 2.05) is 0 Å². The van der Waals surface area contributed by atoms with Crippen molar-refractivity contribution in [2.75, 3.05) is 20.2 Å². The Morgan fingerprint density at radius 1 is 1.59 bits per heavy atom. The Morgan fingerprint density at radius 2 is 2.24 bits per heavy atom. The van der Waals surface area contributed by atoms with Crippen LogP contribution in [0.15, 0.2) is 11.8 Å². The van der Waals surface area contributed by atoms with Crippen molar-refractivity contribution in [3.8, 4) is 6.07 Å². The van der Waals surface area contributed by atoms with Gasteiger partial charge in [-0.3, -0.25) is 4.79 Å². The summed E-state index contributed by atoms with van der Waals surface area (Å²) in [5.41, 5.74) is -0.385. The Hall–Kier alpha value is -2.36. The summed E-state index contributed by atoms with van der Waals surface area (Å²) in [6.07, 6.45) is 0.909. The number of ether oxygens (including phenoxy) is 1. The highest BCUT2D eigenvalue weighted by molar-refractivity contribution is 6.04. The van der Waals surface area contributed by atoms with Crippen molar-refractivity contribution in [3.05, 3.63) is 11.8 Å². The first-order valence-corrected chi connectivity index (χ1v) is 4.87. The minimum Gasteiger partial charge on any atom is -0.462 e. The Balaban J connectivity index is 2.93. The van der Waals surface area contributed by atoms with E-state index in [1.54, 1.807) is 13.0 Å². The number of amides is 3. The lowest BCUT2D eigenvalue weighted by atomic mass is 10.3. The molecule has 3 amide bonds. The molecule has 0 bridgehead atoms. The van der Waals surface area contributed by atoms with Crippen LogP contribution in [0.2, 0.25) is 0 Å². The predicted octanol–water partition coefficient (Wildman–Crippen LogP) is -0.149. The van der Waals surface area contributed by atoms with Crippen molar-refractivity contribution in [1.29, 1.82) is 5.26 Å². The zero-order valence-corrected chi connectivity index (χ0v) is 9.47. The van der Waals surface area contributed by atoms with Crippen LogP contribution in [0.25, 0.3) is 0 Å². The summed E-state index contributed by atoms with van der Waals surface area (Å²) < 4.78 is 4.61. The molecule has 0 spiro atoms. The monoisotopic (exact) mass is 237 g/mol. The third kappa shape index (κ3) is 2.60. The second-order valence-electron chi connectivity index (χ2n) is 3.28. The van der Waals surface area contributed by atoms with Crippen molar-refractivity contribution < 1.29 is 19.1 Å². The zero-order valence-electron chi connectivity index (χ0n) is 9.47. The quantitative estimate of drug-likeness (QED) is 0.294. The number of carbonyl (C=O) groups is 3. The largest absolute Gasteiger partial charge is 0.462 e. The van der Waals surface area contributed by atoms with Gasteiger partial charge in [-0.2, -0.15) is 5.26 Å². The van der Waals surface area contributed by atoms with E-state index >= 15 is 0 Å². The molecule has 1 aliphatic heterocycles. The lowest BCUT2D eigenvalue weighted by Crippen LogP contribution is -2.27. The van der Waals surface area contributed by atoms with Gasteiger partial charge in [-0.05, 0) is 6.92 Å². The molecule has 0 aromatic carbocycles. The molecule has 1 rings (SSSR count). The molecule has 0 saturated carbocycles. The van der Waals surface area contributed by atoms with E-state index in [9.17, 15) is 14.4 Å². The molecule has 90 valence electrons. The third-order valence-corrected chi connectivity index (χ3v) is 2.05. The molecule has 17 heavy (non-hydrogen) atoms. The summed E-state index contributed by atoms with van der Waals surface area (Å²) >= 11 is 0. The number of rotatable bonds is 3. The molecule has 1 aliphatic rings. The number of hydrogen-bond donors (Lipinski definition) is 0. The summed E-state index contributed by atoms with van der Waals surface area (Å²) in [5, 5.41) is 8.74. The van der Waals surface area contributed by atoms with Gasteiger partial charge in [-0.1, -0.05) is 0 Å². The Kier molecular flexibility index (Phi) is 3.82. The molecule has 7 nitrogen and oxygen atoms in total. The number of likely N-dealkylation sites (N-methyl/N-ethyl adjacent to an activating group) is 1. The molecule has 1 fully saturated rings. The van der Waals surface area contributed by atoms with Crippen LogP contribution in [-0.2, 0) is 14.3 Å². The van der Waals surface area contributed by atoms with Gasteiger partial charge >= 0.3 is 12.0 Å². The molecule has 0 aliphatic carbocycles. The fourth-order valence-electron chi connectivity index (χ4n) is 1.23. The van der Waals surface area contributed by atoms with Crippen molar-refractivity contribution in [2.45, 2.75) is 6.92 Å². The van der Waals surface area contributed by atoms with Gasteiger partial charge < -0.3 is 9.64 Å². The fraction of sp³-hybridized carbons (Fsp3) is 0.400. The lowest BCUT2D eigenvalue weighted by Gasteiger charge is -2.09. The second-order valence-corrected chi connectivity index (χ2v) is 3.28. The number of urea groups is 1. The van der Waals surface area contributed by atoms with Gasteiger partial charge in [-0.15, -0.1) is 0 Å². The van der Waals surface area contributed by atoms with Gasteiger partial charge in [0.1, 0.15) is 12.6 Å². The first-order chi connectivity index (χ1) is 8.01. The first-order valence-electron chi connectivity index (χ1n) is 4.87. The molecule has 0 aromatic heterocycles. The maximum Gasteiger partial charge on any atom is 0.350 e. The highest BCUT2D eigenvalue weighted by Crippen LogP contribution is 2.11. The summed E-state index contributed by atoms with van der Waals surface area (Å²) in [6.45, 7) is 1.63. The average molecular weight is 237 g/mol. The molecule has 0 radical (unpaired) electrons. The van der Waals surface area contributed by atoms with Crippen LogP contribution in [0.4, 0.5) is 4.79 Å². The van der Waals surface area contributed by atoms with Gasteiger partial charge in [-0.25, -0.2) is 14.5 Å². The molecular weight excluding hydrogens is 226 g/mol. The zero-order chi connectivity index (χ0) is 13.0. The van der Waals surface area contributed by atoms with Gasteiger partial charge in [0.05, 0.1) is 6.61 Å². The summed E-state index contributed by atoms with van der Waals surface area (Å²) in [4.78, 5) is 36.0. The Morgan fingerprint density at radius 3 is 2.65 bits per heavy atom. The number of esters is 1. The molecule has 0 aromatic rings. The first kappa shape index (κ1) is 12.7. The van der Waals surface area contributed by atoms with Gasteiger partial charge in [0.2, 0.25) is 0 Å². The Bertz CT molecular complexity index is 435. The van der Waals surface area contributed by atoms with Crippen LogP contribution in [0, 0.1) is 11.3 Å². The number of nitrogens with zero attached hydrogens (tertiary/aromatic N) is 3. The molecular formula is C10H11N3O4. The normalized spacial score (nSPS) is 16.2. The van der Waals surface area contributed by atoms with Gasteiger partial charge in [0.25, 0.3) is 5.91 Å². The summed E-state index contributed by atoms with van der Waals surface area (Å²) in [5.74, 6) is -1.35. The number of hydrogen-bond acceptors (Lipinski definition) is 5. The van der Waals surface area contributed by atoms with E-state index < -0.39 is 17.9 Å². The molecule has 7 heteroatoms. The standard InChI is InChI=1S/C10H11N3O4/c1-3-17-9(15)7(4-11)5-13-8(14)6-12(2)10(13)16/h5H,3,6H2,1-2H3/b7-5+. The molecule has 1 saturated heterocycles. The average Bonchev–Trinajstić information content (AvgIpc) is 2.51. The van der Waals surface area contributed by atoms with Crippen molar-refractivity contribution in [1.82, 2.24) is 9.80 Å². The third-order valence-electron chi connectivity index (χ3n) is 2.05. The molecule has 1 heterocycles. The van der Waals surface area contributed by atoms with Crippen LogP contribution in [-0.4, -0.2) is 47.9 Å². The molecule has 0 unspecified atom stereocenters. The van der Waals surface area contributed by atoms with E-state index in [0.29, 0.717) is 0 Å². The smallest absolute Gasteiger partial charge is 0.350 e. The number of nitriles is 1. The van der Waals surface area contributed by atoms with Gasteiger partial charge in [0, 0.05) is 13.2 Å². The number of carbonyl (C=O) groups excluding carboxylic acids is 3. The van der Waals surface area contributed by atoms with E-state index in [2.05, 4.69) is 4.74 Å². The molecule has 0 atom stereocenters. The lowest BCUT2D eigenvalue weighted by molar-refractivity contribution is -0.138. The van der Waals surface area contributed by atoms with Crippen molar-refractivity contribution in [3.63, 3.8) is 0 Å². The maximum absolute atomic E-state index is 11.5. The fourth-order valence-corrected chi connectivity index (χ4v) is 1.23. The van der Waals surface area contributed by atoms with Crippen LogP contribution >= 0.6 is 0 Å². The van der Waals surface area contributed by atoms with Gasteiger partial charge in [0.15, 0.2) is 5.57 Å². The van der Waals surface area contributed by atoms with Crippen LogP contribution < -0.4 is 0 Å². The number of imide groups is 1. The minimum atomic E-state index is -0.856.